The Morgan fingerprint density at radius 2 is 1.12 bits per heavy atom. The van der Waals surface area contributed by atoms with Crippen LogP contribution in [0.25, 0.3) is 0 Å². The number of carbonyl (C=O) groups excluding carboxylic acids is 2. The van der Waals surface area contributed by atoms with Crippen molar-refractivity contribution >= 4 is 19.8 Å². The third-order valence-corrected chi connectivity index (χ3v) is 9.76. The number of hydrogen-bond acceptors (Lipinski definition) is 10. The van der Waals surface area contributed by atoms with E-state index in [1.165, 1.54) is 38.5 Å². The number of ether oxygens (including phenoxy) is 2. The smallest absolute Gasteiger partial charge is 0.462 e. The molecule has 0 aromatic rings. The van der Waals surface area contributed by atoms with Gasteiger partial charge in [0.05, 0.1) is 25.4 Å². The zero-order valence-electron chi connectivity index (χ0n) is 35.3. The predicted octanol–water partition coefficient (Wildman–Crippen LogP) is 10.2. The Labute approximate surface area is 345 Å². The van der Waals surface area contributed by atoms with Crippen molar-refractivity contribution in [2.45, 2.75) is 173 Å². The van der Waals surface area contributed by atoms with Crippen molar-refractivity contribution in [3.05, 3.63) is 72.9 Å². The van der Waals surface area contributed by atoms with Gasteiger partial charge >= 0.3 is 19.8 Å². The van der Waals surface area contributed by atoms with Gasteiger partial charge in [-0.15, -0.1) is 0 Å². The number of phosphoric acid groups is 1. The summed E-state index contributed by atoms with van der Waals surface area (Å²) >= 11 is 0. The van der Waals surface area contributed by atoms with Crippen LogP contribution < -0.4 is 5.73 Å². The number of esters is 2. The summed E-state index contributed by atoms with van der Waals surface area (Å²) in [5.41, 5.74) is 5.33. The molecule has 0 bridgehead atoms. The second kappa shape index (κ2) is 40.2. The molecule has 0 fully saturated rings. The molecule has 57 heavy (non-hydrogen) atoms. The molecular weight excluding hydrogens is 745 g/mol. The summed E-state index contributed by atoms with van der Waals surface area (Å²) in [4.78, 5) is 34.8. The highest BCUT2D eigenvalue weighted by molar-refractivity contribution is 7.47. The summed E-state index contributed by atoms with van der Waals surface area (Å²) in [6, 6.07) is 0. The van der Waals surface area contributed by atoms with Gasteiger partial charge in [0.2, 0.25) is 0 Å². The topological polar surface area (TPSA) is 175 Å². The number of phosphoric ester groups is 1. The summed E-state index contributed by atoms with van der Waals surface area (Å²) in [5, 5.41) is 20.4. The number of aliphatic hydroxyl groups excluding tert-OH is 2. The Balaban J connectivity index is 4.42. The molecule has 0 aliphatic rings. The van der Waals surface area contributed by atoms with Crippen LogP contribution in [-0.4, -0.2) is 71.7 Å². The molecule has 0 aromatic heterocycles. The van der Waals surface area contributed by atoms with E-state index in [0.29, 0.717) is 25.7 Å². The lowest BCUT2D eigenvalue weighted by Gasteiger charge is -2.19. The number of rotatable bonds is 39. The Bertz CT molecular complexity index is 1200. The standard InChI is InChI=1S/C45H78NO10P/c1-3-5-7-9-11-12-13-14-15-16-17-18-19-20-21-22-23-27-32-36-45(50)56-41(40-55-57(51,52)54-38-37-46)39-53-44(49)35-31-28-24-26-30-34-43(48)42(47)33-29-25-10-8-6-4-2/h11-12,14-15,17-18,20-21,23,25,27,29,41-43,47-48H,3-10,13,16,19,22,24,26,28,30-40,46H2,1-2H3,(H,51,52)/b12-11-,15-14-,18-17-,21-20-,27-23-,29-25-/t41-,42-,43-/m1/s1. The van der Waals surface area contributed by atoms with Crippen LogP contribution in [0.3, 0.4) is 0 Å². The van der Waals surface area contributed by atoms with Gasteiger partial charge in [0.1, 0.15) is 6.61 Å². The number of unbranched alkanes of at least 4 members (excludes halogenated alkanes) is 10. The van der Waals surface area contributed by atoms with Crippen LogP contribution in [0.2, 0.25) is 0 Å². The lowest BCUT2D eigenvalue weighted by atomic mass is 10.0. The maximum Gasteiger partial charge on any atom is 0.472 e. The molecule has 0 saturated heterocycles. The Morgan fingerprint density at radius 3 is 1.70 bits per heavy atom. The molecular formula is C45H78NO10P. The van der Waals surface area contributed by atoms with E-state index in [4.69, 9.17) is 24.3 Å². The van der Waals surface area contributed by atoms with Crippen molar-refractivity contribution in [3.63, 3.8) is 0 Å². The minimum Gasteiger partial charge on any atom is -0.462 e. The first kappa shape index (κ1) is 54.4. The number of carbonyl (C=O) groups is 2. The minimum atomic E-state index is -4.44. The van der Waals surface area contributed by atoms with Crippen LogP contribution in [0.1, 0.15) is 155 Å². The van der Waals surface area contributed by atoms with E-state index in [1.54, 1.807) is 0 Å². The van der Waals surface area contributed by atoms with Crippen LogP contribution in [0.15, 0.2) is 72.9 Å². The molecule has 0 aliphatic heterocycles. The van der Waals surface area contributed by atoms with Crippen molar-refractivity contribution in [2.24, 2.45) is 5.73 Å². The zero-order chi connectivity index (χ0) is 42.1. The molecule has 0 radical (unpaired) electrons. The van der Waals surface area contributed by atoms with Crippen LogP contribution >= 0.6 is 7.82 Å². The zero-order valence-corrected chi connectivity index (χ0v) is 36.2. The lowest BCUT2D eigenvalue weighted by molar-refractivity contribution is -0.161. The van der Waals surface area contributed by atoms with Gasteiger partial charge in [0, 0.05) is 19.4 Å². The molecule has 12 heteroatoms. The molecule has 0 rings (SSSR count). The number of hydrogen-bond donors (Lipinski definition) is 4. The highest BCUT2D eigenvalue weighted by atomic mass is 31.2. The second-order valence-corrected chi connectivity index (χ2v) is 15.6. The van der Waals surface area contributed by atoms with Crippen molar-refractivity contribution in [3.8, 4) is 0 Å². The number of nitrogens with two attached hydrogens (primary N) is 1. The Hall–Kier alpha value is -2.63. The molecule has 0 aromatic carbocycles. The lowest BCUT2D eigenvalue weighted by Crippen LogP contribution is -2.29. The van der Waals surface area contributed by atoms with Crippen LogP contribution in [-0.2, 0) is 32.7 Å². The van der Waals surface area contributed by atoms with Gasteiger partial charge in [-0.2, -0.15) is 0 Å². The van der Waals surface area contributed by atoms with E-state index >= 15 is 0 Å². The van der Waals surface area contributed by atoms with Gasteiger partial charge < -0.3 is 30.3 Å². The molecule has 5 N–H and O–H groups in total. The van der Waals surface area contributed by atoms with E-state index in [2.05, 4.69) is 68.5 Å². The van der Waals surface area contributed by atoms with Crippen LogP contribution in [0.5, 0.6) is 0 Å². The molecule has 4 atom stereocenters. The SMILES string of the molecule is CCCCC/C=C\C/C=C\C/C=C\C/C=C\C/C=C\CCC(=O)O[C@H](COC(=O)CCCCCCC[C@@H](O)[C@H](O)C/C=C\CCCCC)COP(=O)(O)OCCN. The van der Waals surface area contributed by atoms with Gasteiger partial charge in [0.15, 0.2) is 6.10 Å². The fourth-order valence-corrected chi connectivity index (χ4v) is 6.17. The van der Waals surface area contributed by atoms with Crippen molar-refractivity contribution < 1.29 is 47.8 Å². The first-order valence-electron chi connectivity index (χ1n) is 21.6. The minimum absolute atomic E-state index is 0.0159. The molecule has 1 unspecified atom stereocenters. The van der Waals surface area contributed by atoms with E-state index in [0.717, 1.165) is 64.2 Å². The average Bonchev–Trinajstić information content (AvgIpc) is 3.19. The number of allylic oxidation sites excluding steroid dienone is 11. The molecule has 0 aliphatic carbocycles. The van der Waals surface area contributed by atoms with E-state index in [-0.39, 0.29) is 32.6 Å². The third-order valence-electron chi connectivity index (χ3n) is 8.78. The highest BCUT2D eigenvalue weighted by Crippen LogP contribution is 2.43. The van der Waals surface area contributed by atoms with Crippen molar-refractivity contribution in [1.29, 1.82) is 0 Å². The first-order valence-corrected chi connectivity index (χ1v) is 23.1. The predicted molar refractivity (Wildman–Crippen MR) is 231 cm³/mol. The maximum atomic E-state index is 12.6. The van der Waals surface area contributed by atoms with Gasteiger partial charge in [-0.3, -0.25) is 18.6 Å². The van der Waals surface area contributed by atoms with Crippen molar-refractivity contribution in [1.82, 2.24) is 0 Å². The average molecular weight is 824 g/mol. The summed E-state index contributed by atoms with van der Waals surface area (Å²) in [6.07, 6.45) is 41.1. The van der Waals surface area contributed by atoms with Gasteiger partial charge in [-0.25, -0.2) is 4.57 Å². The van der Waals surface area contributed by atoms with Gasteiger partial charge in [-0.1, -0.05) is 138 Å². The third kappa shape index (κ3) is 38.6. The van der Waals surface area contributed by atoms with Crippen LogP contribution in [0, 0.1) is 0 Å². The van der Waals surface area contributed by atoms with E-state index in [9.17, 15) is 29.3 Å². The fourth-order valence-electron chi connectivity index (χ4n) is 5.40. The molecule has 328 valence electrons. The summed E-state index contributed by atoms with van der Waals surface area (Å²) in [6.45, 7) is 3.36. The summed E-state index contributed by atoms with van der Waals surface area (Å²) < 4.78 is 32.6. The molecule has 0 amide bonds. The van der Waals surface area contributed by atoms with Gasteiger partial charge in [-0.05, 0) is 77.0 Å². The summed E-state index contributed by atoms with van der Waals surface area (Å²) in [7, 11) is -4.44. The largest absolute Gasteiger partial charge is 0.472 e. The van der Waals surface area contributed by atoms with Crippen LogP contribution in [0.4, 0.5) is 0 Å². The molecule has 0 saturated carbocycles. The Kier molecular flexibility index (Phi) is 38.3. The number of aliphatic hydroxyl groups is 2. The molecule has 11 nitrogen and oxygen atoms in total. The summed E-state index contributed by atoms with van der Waals surface area (Å²) in [5.74, 6) is -1.04. The quantitative estimate of drug-likeness (QED) is 0.0201. The van der Waals surface area contributed by atoms with Crippen molar-refractivity contribution in [2.75, 3.05) is 26.4 Å². The first-order chi connectivity index (χ1) is 27.6. The fraction of sp³-hybridized carbons (Fsp3) is 0.689. The second-order valence-electron chi connectivity index (χ2n) is 14.2. The van der Waals surface area contributed by atoms with E-state index < -0.39 is 44.7 Å². The van der Waals surface area contributed by atoms with E-state index in [1.807, 2.05) is 18.2 Å². The highest BCUT2D eigenvalue weighted by Gasteiger charge is 2.26. The normalized spacial score (nSPS) is 15.1. The molecule has 0 heterocycles. The molecule has 0 spiro atoms. The maximum absolute atomic E-state index is 12.6. The Morgan fingerprint density at radius 1 is 0.596 bits per heavy atom. The van der Waals surface area contributed by atoms with Gasteiger partial charge in [0.25, 0.3) is 0 Å². The monoisotopic (exact) mass is 824 g/mol.